The van der Waals surface area contributed by atoms with Crippen LogP contribution < -0.4 is 5.32 Å². The van der Waals surface area contributed by atoms with Crippen LogP contribution in [0, 0.1) is 19.8 Å². The molecule has 7 heteroatoms. The minimum absolute atomic E-state index is 0.139. The molecule has 2 heterocycles. The molecule has 2 amide bonds. The van der Waals surface area contributed by atoms with Gasteiger partial charge < -0.3 is 9.15 Å². The fraction of sp³-hybridized carbons (Fsp3) is 0.522. The van der Waals surface area contributed by atoms with E-state index in [1.165, 1.54) is 5.56 Å². The number of imide groups is 1. The molecule has 160 valence electrons. The van der Waals surface area contributed by atoms with Crippen LogP contribution in [0.2, 0.25) is 0 Å². The predicted octanol–water partition coefficient (Wildman–Crippen LogP) is 5.17. The molecule has 1 aromatic carbocycles. The molecule has 2 fully saturated rings. The third-order valence-corrected chi connectivity index (χ3v) is 7.04. The Hall–Kier alpha value is -2.12. The molecule has 6 nitrogen and oxygen atoms in total. The number of hydrogen-bond donors (Lipinski definition) is 1. The van der Waals surface area contributed by atoms with E-state index < -0.39 is 0 Å². The first-order valence-corrected chi connectivity index (χ1v) is 11.5. The summed E-state index contributed by atoms with van der Waals surface area (Å²) in [7, 11) is 0. The van der Waals surface area contributed by atoms with E-state index in [9.17, 15) is 9.59 Å². The minimum atomic E-state index is -0.225. The van der Waals surface area contributed by atoms with Gasteiger partial charge in [-0.25, -0.2) is 4.98 Å². The maximum Gasteiger partial charge on any atom is 0.286 e. The third-order valence-electron chi connectivity index (χ3n) is 5.99. The molecule has 1 N–H and O–H groups in total. The molecule has 0 radical (unpaired) electrons. The third kappa shape index (κ3) is 5.13. The molecule has 1 aromatic heterocycles. The monoisotopic (exact) mass is 428 g/mol. The Balaban J connectivity index is 1.28. The zero-order valence-corrected chi connectivity index (χ0v) is 18.3. The van der Waals surface area contributed by atoms with Crippen molar-refractivity contribution in [3.8, 4) is 11.5 Å². The molecule has 3 atom stereocenters. The number of nitrogens with one attached hydrogen (secondary N) is 1. The summed E-state index contributed by atoms with van der Waals surface area (Å²) in [5.41, 5.74) is 3.03. The summed E-state index contributed by atoms with van der Waals surface area (Å²) in [6.45, 7) is 4.44. The standard InChI is InChI=1S/C23H28N2O4S/c1-14-6-9-17(10-7-14)22-24-19(15(2)29-22)13-28-18-5-3-4-16(12-18)8-11-20-21(26)25-23(27)30-20/h6-7,9-10,16,18,20H,3-5,8,11-13H2,1-2H3,(H,25,26,27). The van der Waals surface area contributed by atoms with Gasteiger partial charge in [-0.1, -0.05) is 42.3 Å². The van der Waals surface area contributed by atoms with Gasteiger partial charge in [0.05, 0.1) is 18.0 Å². The van der Waals surface area contributed by atoms with Gasteiger partial charge in [-0.3, -0.25) is 14.9 Å². The van der Waals surface area contributed by atoms with Crippen LogP contribution in [0.15, 0.2) is 28.7 Å². The minimum Gasteiger partial charge on any atom is -0.441 e. The van der Waals surface area contributed by atoms with Crippen LogP contribution in [0.1, 0.15) is 55.5 Å². The summed E-state index contributed by atoms with van der Waals surface area (Å²) in [6.07, 6.45) is 6.25. The predicted molar refractivity (Wildman–Crippen MR) is 116 cm³/mol. The number of nitrogens with zero attached hydrogens (tertiary/aromatic N) is 1. The van der Waals surface area contributed by atoms with Crippen LogP contribution in [0.4, 0.5) is 4.79 Å². The van der Waals surface area contributed by atoms with E-state index in [4.69, 9.17) is 9.15 Å². The molecule has 0 bridgehead atoms. The number of benzene rings is 1. The zero-order valence-electron chi connectivity index (χ0n) is 17.5. The molecule has 1 saturated carbocycles. The average molecular weight is 429 g/mol. The van der Waals surface area contributed by atoms with Gasteiger partial charge in [0.2, 0.25) is 11.8 Å². The number of aryl methyl sites for hydroxylation is 2. The molecule has 1 saturated heterocycles. The first-order valence-electron chi connectivity index (χ1n) is 10.6. The molecule has 1 aliphatic carbocycles. The van der Waals surface area contributed by atoms with Crippen LogP contribution in [0.5, 0.6) is 0 Å². The Labute approximate surface area is 181 Å². The Kier molecular flexibility index (Phi) is 6.58. The highest BCUT2D eigenvalue weighted by atomic mass is 32.2. The van der Waals surface area contributed by atoms with Crippen molar-refractivity contribution in [2.75, 3.05) is 0 Å². The lowest BCUT2D eigenvalue weighted by atomic mass is 9.84. The van der Waals surface area contributed by atoms with Gasteiger partial charge >= 0.3 is 0 Å². The molecular weight excluding hydrogens is 400 g/mol. The SMILES string of the molecule is Cc1ccc(-c2nc(COC3CCCC(CCC4SC(=O)NC4=O)C3)c(C)o2)cc1. The van der Waals surface area contributed by atoms with E-state index >= 15 is 0 Å². The summed E-state index contributed by atoms with van der Waals surface area (Å²) in [6, 6.07) is 8.15. The van der Waals surface area contributed by atoms with E-state index in [2.05, 4.69) is 29.4 Å². The summed E-state index contributed by atoms with van der Waals surface area (Å²) < 4.78 is 12.1. The number of hydrogen-bond acceptors (Lipinski definition) is 6. The lowest BCUT2D eigenvalue weighted by Crippen LogP contribution is -2.26. The smallest absolute Gasteiger partial charge is 0.286 e. The van der Waals surface area contributed by atoms with Gasteiger partial charge in [0, 0.05) is 5.56 Å². The lowest BCUT2D eigenvalue weighted by molar-refractivity contribution is -0.119. The van der Waals surface area contributed by atoms with Crippen molar-refractivity contribution < 1.29 is 18.7 Å². The first kappa shape index (κ1) is 21.1. The van der Waals surface area contributed by atoms with E-state index in [1.807, 2.05) is 19.1 Å². The quantitative estimate of drug-likeness (QED) is 0.655. The molecule has 4 rings (SSSR count). The number of oxazole rings is 1. The van der Waals surface area contributed by atoms with Gasteiger partial charge in [-0.05, 0) is 57.6 Å². The molecule has 2 aromatic rings. The number of carbonyl (C=O) groups excluding carboxylic acids is 2. The van der Waals surface area contributed by atoms with Crippen LogP contribution >= 0.6 is 11.8 Å². The summed E-state index contributed by atoms with van der Waals surface area (Å²) in [4.78, 5) is 27.7. The van der Waals surface area contributed by atoms with Crippen LogP contribution in [0.25, 0.3) is 11.5 Å². The Morgan fingerprint density at radius 1 is 1.17 bits per heavy atom. The number of amides is 2. The number of thioether (sulfide) groups is 1. The maximum absolute atomic E-state index is 11.7. The van der Waals surface area contributed by atoms with Gasteiger partial charge in [0.1, 0.15) is 11.5 Å². The molecule has 3 unspecified atom stereocenters. The normalized spacial score (nSPS) is 24.3. The second-order valence-electron chi connectivity index (χ2n) is 8.31. The number of rotatable bonds is 7. The lowest BCUT2D eigenvalue weighted by Gasteiger charge is -2.29. The van der Waals surface area contributed by atoms with E-state index in [0.717, 1.165) is 67.3 Å². The van der Waals surface area contributed by atoms with Crippen molar-refractivity contribution in [3.05, 3.63) is 41.3 Å². The number of aromatic nitrogens is 1. The average Bonchev–Trinajstić information content (AvgIpc) is 3.26. The van der Waals surface area contributed by atoms with Crippen molar-refractivity contribution in [3.63, 3.8) is 0 Å². The van der Waals surface area contributed by atoms with Crippen molar-refractivity contribution in [1.82, 2.24) is 10.3 Å². The molecule has 1 aliphatic heterocycles. The fourth-order valence-electron chi connectivity index (χ4n) is 4.20. The second-order valence-corrected chi connectivity index (χ2v) is 9.49. The van der Waals surface area contributed by atoms with Crippen molar-refractivity contribution >= 4 is 22.9 Å². The summed E-state index contributed by atoms with van der Waals surface area (Å²) in [5.74, 6) is 1.83. The maximum atomic E-state index is 11.7. The highest BCUT2D eigenvalue weighted by Crippen LogP contribution is 2.33. The van der Waals surface area contributed by atoms with Crippen molar-refractivity contribution in [1.29, 1.82) is 0 Å². The van der Waals surface area contributed by atoms with Crippen LogP contribution in [-0.2, 0) is 16.1 Å². The van der Waals surface area contributed by atoms with Crippen LogP contribution in [0.3, 0.4) is 0 Å². The van der Waals surface area contributed by atoms with Gasteiger partial charge in [-0.15, -0.1) is 0 Å². The van der Waals surface area contributed by atoms with Gasteiger partial charge in [0.15, 0.2) is 0 Å². The van der Waals surface area contributed by atoms with Gasteiger partial charge in [0.25, 0.3) is 5.24 Å². The van der Waals surface area contributed by atoms with E-state index in [-0.39, 0.29) is 22.5 Å². The zero-order chi connectivity index (χ0) is 21.1. The molecule has 2 aliphatic rings. The largest absolute Gasteiger partial charge is 0.441 e. The van der Waals surface area contributed by atoms with E-state index in [1.54, 1.807) is 0 Å². The van der Waals surface area contributed by atoms with Gasteiger partial charge in [-0.2, -0.15) is 0 Å². The first-order chi connectivity index (χ1) is 14.5. The van der Waals surface area contributed by atoms with Crippen molar-refractivity contribution in [2.45, 2.75) is 70.3 Å². The Morgan fingerprint density at radius 3 is 2.70 bits per heavy atom. The molecular formula is C23H28N2O4S. The summed E-state index contributed by atoms with van der Waals surface area (Å²) in [5, 5.41) is 1.92. The number of carbonyl (C=O) groups is 2. The summed E-state index contributed by atoms with van der Waals surface area (Å²) >= 11 is 1.12. The van der Waals surface area contributed by atoms with Crippen LogP contribution in [-0.4, -0.2) is 27.5 Å². The Morgan fingerprint density at radius 2 is 1.97 bits per heavy atom. The highest BCUT2D eigenvalue weighted by Gasteiger charge is 2.32. The molecule has 0 spiro atoms. The van der Waals surface area contributed by atoms with E-state index in [0.29, 0.717) is 18.4 Å². The van der Waals surface area contributed by atoms with Crippen molar-refractivity contribution in [2.24, 2.45) is 5.92 Å². The molecule has 30 heavy (non-hydrogen) atoms. The topological polar surface area (TPSA) is 81.4 Å². The highest BCUT2D eigenvalue weighted by molar-refractivity contribution is 8.15. The Bertz CT molecular complexity index is 908. The number of ether oxygens (including phenoxy) is 1. The second kappa shape index (κ2) is 9.35. The fourth-order valence-corrected chi connectivity index (χ4v) is 5.04.